The van der Waals surface area contributed by atoms with E-state index >= 15 is 0 Å². The van der Waals surface area contributed by atoms with E-state index in [4.69, 9.17) is 9.15 Å². The number of hydrogen-bond donors (Lipinski definition) is 0. The highest BCUT2D eigenvalue weighted by Gasteiger charge is 2.21. The molecule has 0 atom stereocenters. The first-order valence-electron chi connectivity index (χ1n) is 8.48. The lowest BCUT2D eigenvalue weighted by Crippen LogP contribution is -2.12. The highest BCUT2D eigenvalue weighted by molar-refractivity contribution is 5.90. The number of nitrogens with zero attached hydrogens (tertiary/aromatic N) is 1. The number of carbonyl (C=O) groups excluding carboxylic acids is 2. The van der Waals surface area contributed by atoms with Gasteiger partial charge in [-0.15, -0.1) is 0 Å². The van der Waals surface area contributed by atoms with Crippen molar-refractivity contribution >= 4 is 11.9 Å². The van der Waals surface area contributed by atoms with Crippen molar-refractivity contribution in [3.8, 4) is 17.2 Å². The second-order valence-electron chi connectivity index (χ2n) is 5.86. The number of esters is 2. The predicted octanol–water partition coefficient (Wildman–Crippen LogP) is 3.97. The maximum Gasteiger partial charge on any atom is 0.366 e. The van der Waals surface area contributed by atoms with E-state index < -0.39 is 5.97 Å². The summed E-state index contributed by atoms with van der Waals surface area (Å²) in [6, 6.07) is 16.4. The van der Waals surface area contributed by atoms with Crippen molar-refractivity contribution in [2.24, 2.45) is 0 Å². The van der Waals surface area contributed by atoms with Gasteiger partial charge in [0.15, 0.2) is 5.69 Å². The third-order valence-electron chi connectivity index (χ3n) is 4.01. The highest BCUT2D eigenvalue weighted by Crippen LogP contribution is 2.24. The number of rotatable bonds is 6. The molecule has 0 fully saturated rings. The Morgan fingerprint density at radius 3 is 2.48 bits per heavy atom. The minimum absolute atomic E-state index is 0.122. The molecule has 27 heavy (non-hydrogen) atoms. The third-order valence-corrected chi connectivity index (χ3v) is 4.01. The van der Waals surface area contributed by atoms with Gasteiger partial charge in [0.1, 0.15) is 11.5 Å². The molecular weight excluding hydrogens is 346 g/mol. The van der Waals surface area contributed by atoms with Crippen molar-refractivity contribution in [1.82, 2.24) is 4.98 Å². The molecule has 0 aliphatic heterocycles. The van der Waals surface area contributed by atoms with Crippen LogP contribution in [-0.4, -0.2) is 24.0 Å². The molecule has 1 aromatic heterocycles. The Bertz CT molecular complexity index is 946. The van der Waals surface area contributed by atoms with Gasteiger partial charge in [0.05, 0.1) is 7.11 Å². The van der Waals surface area contributed by atoms with Crippen LogP contribution in [0.2, 0.25) is 0 Å². The first-order chi connectivity index (χ1) is 13.1. The summed E-state index contributed by atoms with van der Waals surface area (Å²) < 4.78 is 15.8. The zero-order chi connectivity index (χ0) is 19.2. The van der Waals surface area contributed by atoms with Crippen molar-refractivity contribution in [2.75, 3.05) is 7.11 Å². The van der Waals surface area contributed by atoms with Crippen LogP contribution in [0.5, 0.6) is 5.75 Å². The second kappa shape index (κ2) is 8.31. The fraction of sp³-hybridized carbons (Fsp3) is 0.190. The van der Waals surface area contributed by atoms with Gasteiger partial charge in [-0.25, -0.2) is 9.78 Å². The number of methoxy groups -OCH3 is 1. The van der Waals surface area contributed by atoms with E-state index in [0.717, 1.165) is 11.1 Å². The van der Waals surface area contributed by atoms with Gasteiger partial charge in [0, 0.05) is 12.0 Å². The maximum atomic E-state index is 12.6. The van der Waals surface area contributed by atoms with E-state index in [2.05, 4.69) is 9.72 Å². The molecule has 6 heteroatoms. The molecule has 6 nitrogen and oxygen atoms in total. The minimum atomic E-state index is -0.607. The molecular formula is C21H19NO5. The molecule has 0 spiro atoms. The lowest BCUT2D eigenvalue weighted by atomic mass is 10.1. The van der Waals surface area contributed by atoms with Crippen LogP contribution in [-0.2, 0) is 16.0 Å². The fourth-order valence-electron chi connectivity index (χ4n) is 2.59. The van der Waals surface area contributed by atoms with Crippen LogP contribution in [0.15, 0.2) is 59.0 Å². The summed E-state index contributed by atoms with van der Waals surface area (Å²) in [6.07, 6.45) is 0.607. The Morgan fingerprint density at radius 2 is 1.74 bits per heavy atom. The zero-order valence-electron chi connectivity index (χ0n) is 15.1. The molecule has 138 valence electrons. The van der Waals surface area contributed by atoms with Gasteiger partial charge in [0.25, 0.3) is 0 Å². The van der Waals surface area contributed by atoms with Gasteiger partial charge >= 0.3 is 11.9 Å². The summed E-state index contributed by atoms with van der Waals surface area (Å²) in [5, 5.41) is 0. The summed E-state index contributed by atoms with van der Waals surface area (Å²) in [5.74, 6) is 0.194. The van der Waals surface area contributed by atoms with Gasteiger partial charge < -0.3 is 13.9 Å². The lowest BCUT2D eigenvalue weighted by molar-refractivity contribution is -0.140. The number of ether oxygens (including phenoxy) is 2. The predicted molar refractivity (Wildman–Crippen MR) is 98.4 cm³/mol. The van der Waals surface area contributed by atoms with Crippen molar-refractivity contribution in [1.29, 1.82) is 0 Å². The number of carbonyl (C=O) groups is 2. The standard InChI is InChI=1S/C21H19NO5/c1-14-19(22-20(26-14)16-9-4-3-5-10-16)21(24)27-17-11-7-6-8-15(17)12-13-18(23)25-2/h3-11H,12-13H2,1-2H3. The number of hydrogen-bond acceptors (Lipinski definition) is 6. The van der Waals surface area contributed by atoms with E-state index in [1.54, 1.807) is 25.1 Å². The quantitative estimate of drug-likeness (QED) is 0.486. The average Bonchev–Trinajstić information content (AvgIpc) is 3.09. The second-order valence-corrected chi connectivity index (χ2v) is 5.86. The Balaban J connectivity index is 1.78. The Kier molecular flexibility index (Phi) is 5.66. The van der Waals surface area contributed by atoms with Crippen LogP contribution in [0.25, 0.3) is 11.5 Å². The minimum Gasteiger partial charge on any atom is -0.469 e. The summed E-state index contributed by atoms with van der Waals surface area (Å²) in [6.45, 7) is 1.67. The van der Waals surface area contributed by atoms with Crippen LogP contribution >= 0.6 is 0 Å². The first-order valence-corrected chi connectivity index (χ1v) is 8.48. The molecule has 0 amide bonds. The molecule has 3 rings (SSSR count). The van der Waals surface area contributed by atoms with Crippen molar-refractivity contribution in [2.45, 2.75) is 19.8 Å². The lowest BCUT2D eigenvalue weighted by Gasteiger charge is -2.08. The van der Waals surface area contributed by atoms with Crippen LogP contribution in [0.4, 0.5) is 0 Å². The monoisotopic (exact) mass is 365 g/mol. The van der Waals surface area contributed by atoms with Gasteiger partial charge in [-0.1, -0.05) is 36.4 Å². The first kappa shape index (κ1) is 18.4. The zero-order valence-corrected chi connectivity index (χ0v) is 15.1. The van der Waals surface area contributed by atoms with Crippen molar-refractivity contribution in [3.63, 3.8) is 0 Å². The van der Waals surface area contributed by atoms with Gasteiger partial charge in [-0.05, 0) is 37.1 Å². The van der Waals surface area contributed by atoms with Crippen LogP contribution in [0, 0.1) is 6.92 Å². The Labute approximate surface area is 156 Å². The van der Waals surface area contributed by atoms with Crippen molar-refractivity contribution in [3.05, 3.63) is 71.6 Å². The normalized spacial score (nSPS) is 10.4. The number of aromatic nitrogens is 1. The summed E-state index contributed by atoms with van der Waals surface area (Å²) >= 11 is 0. The van der Waals surface area contributed by atoms with Gasteiger partial charge in [-0.2, -0.15) is 0 Å². The molecule has 0 N–H and O–H groups in total. The molecule has 0 saturated heterocycles. The molecule has 0 radical (unpaired) electrons. The Hall–Kier alpha value is -3.41. The number of benzene rings is 2. The van der Waals surface area contributed by atoms with E-state index in [-0.39, 0.29) is 18.1 Å². The van der Waals surface area contributed by atoms with E-state index in [1.165, 1.54) is 7.11 Å². The van der Waals surface area contributed by atoms with E-state index in [1.807, 2.05) is 36.4 Å². The largest absolute Gasteiger partial charge is 0.469 e. The van der Waals surface area contributed by atoms with E-state index in [9.17, 15) is 9.59 Å². The number of oxazole rings is 1. The topological polar surface area (TPSA) is 78.6 Å². The molecule has 1 heterocycles. The molecule has 0 aliphatic carbocycles. The average molecular weight is 365 g/mol. The van der Waals surface area contributed by atoms with Gasteiger partial charge in [0.2, 0.25) is 5.89 Å². The summed E-state index contributed by atoms with van der Waals surface area (Å²) in [7, 11) is 1.34. The van der Waals surface area contributed by atoms with E-state index in [0.29, 0.717) is 23.8 Å². The maximum absolute atomic E-state index is 12.6. The Morgan fingerprint density at radius 1 is 1.04 bits per heavy atom. The van der Waals surface area contributed by atoms with Crippen LogP contribution < -0.4 is 4.74 Å². The SMILES string of the molecule is COC(=O)CCc1ccccc1OC(=O)c1nc(-c2ccccc2)oc1C. The van der Waals surface area contributed by atoms with Crippen LogP contribution in [0.3, 0.4) is 0 Å². The molecule has 2 aromatic carbocycles. The van der Waals surface area contributed by atoms with Crippen LogP contribution in [0.1, 0.15) is 28.2 Å². The molecule has 0 unspecified atom stereocenters. The molecule has 3 aromatic rings. The summed E-state index contributed by atoms with van der Waals surface area (Å²) in [4.78, 5) is 28.2. The highest BCUT2D eigenvalue weighted by atomic mass is 16.5. The fourth-order valence-corrected chi connectivity index (χ4v) is 2.59. The molecule has 0 bridgehead atoms. The smallest absolute Gasteiger partial charge is 0.366 e. The van der Waals surface area contributed by atoms with Crippen molar-refractivity contribution < 1.29 is 23.5 Å². The summed E-state index contributed by atoms with van der Waals surface area (Å²) in [5.41, 5.74) is 1.63. The molecule has 0 saturated carbocycles. The molecule has 0 aliphatic rings. The van der Waals surface area contributed by atoms with Gasteiger partial charge in [-0.3, -0.25) is 4.79 Å². The number of para-hydroxylation sites is 1. The third kappa shape index (κ3) is 4.41. The number of aryl methyl sites for hydroxylation is 2.